The summed E-state index contributed by atoms with van der Waals surface area (Å²) in [6.45, 7) is 6.80. The summed E-state index contributed by atoms with van der Waals surface area (Å²) in [6, 6.07) is 17.0. The summed E-state index contributed by atoms with van der Waals surface area (Å²) < 4.78 is 7.71. The van der Waals surface area contributed by atoms with Gasteiger partial charge in [0.25, 0.3) is 0 Å². The molecular formula is C23H27N3O. The van der Waals surface area contributed by atoms with Crippen LogP contribution in [-0.2, 0) is 11.3 Å². The highest BCUT2D eigenvalue weighted by Crippen LogP contribution is 2.25. The van der Waals surface area contributed by atoms with E-state index in [0.29, 0.717) is 6.10 Å². The largest absolute Gasteiger partial charge is 0.377 e. The van der Waals surface area contributed by atoms with E-state index in [0.717, 1.165) is 43.1 Å². The Kier molecular flexibility index (Phi) is 5.37. The van der Waals surface area contributed by atoms with E-state index in [1.54, 1.807) is 0 Å². The Bertz CT molecular complexity index is 892. The molecule has 0 spiro atoms. The van der Waals surface area contributed by atoms with E-state index in [-0.39, 0.29) is 0 Å². The number of ether oxygens (including phenoxy) is 1. The zero-order chi connectivity index (χ0) is 18.6. The molecule has 2 heterocycles. The molecule has 1 aliphatic heterocycles. The van der Waals surface area contributed by atoms with Gasteiger partial charge in [-0.15, -0.1) is 0 Å². The second-order valence-electron chi connectivity index (χ2n) is 7.42. The molecule has 3 aromatic rings. The molecule has 2 aromatic carbocycles. The van der Waals surface area contributed by atoms with E-state index in [2.05, 4.69) is 73.9 Å². The molecule has 1 N–H and O–H groups in total. The SMILES string of the molecule is Cc1ccc(-n2cc(CNCC3CCCO3)c(-c3cccc(C)c3)n2)cc1. The first-order valence-corrected chi connectivity index (χ1v) is 9.74. The van der Waals surface area contributed by atoms with Crippen LogP contribution in [0.2, 0.25) is 0 Å². The minimum atomic E-state index is 0.347. The second-order valence-corrected chi connectivity index (χ2v) is 7.42. The molecule has 140 valence electrons. The molecule has 1 atom stereocenters. The smallest absolute Gasteiger partial charge is 0.0972 e. The zero-order valence-corrected chi connectivity index (χ0v) is 16.1. The van der Waals surface area contributed by atoms with Crippen LogP contribution >= 0.6 is 0 Å². The fraction of sp³-hybridized carbons (Fsp3) is 0.348. The average molecular weight is 361 g/mol. The molecule has 1 saturated heterocycles. The first-order valence-electron chi connectivity index (χ1n) is 9.74. The van der Waals surface area contributed by atoms with Crippen molar-refractivity contribution in [2.75, 3.05) is 13.2 Å². The van der Waals surface area contributed by atoms with Crippen molar-refractivity contribution in [1.82, 2.24) is 15.1 Å². The predicted octanol–water partition coefficient (Wildman–Crippen LogP) is 4.42. The minimum Gasteiger partial charge on any atom is -0.377 e. The summed E-state index contributed by atoms with van der Waals surface area (Å²) in [7, 11) is 0. The highest BCUT2D eigenvalue weighted by molar-refractivity contribution is 5.64. The van der Waals surface area contributed by atoms with Gasteiger partial charge >= 0.3 is 0 Å². The molecule has 1 unspecified atom stereocenters. The van der Waals surface area contributed by atoms with E-state index in [4.69, 9.17) is 9.84 Å². The van der Waals surface area contributed by atoms with Gasteiger partial charge in [0.2, 0.25) is 0 Å². The standard InChI is InChI=1S/C23H27N3O/c1-17-8-10-21(11-9-17)26-16-20(14-24-15-22-7-4-12-27-22)23(25-26)19-6-3-5-18(2)13-19/h3,5-6,8-11,13,16,22,24H,4,7,12,14-15H2,1-2H3. The molecular weight excluding hydrogens is 334 g/mol. The lowest BCUT2D eigenvalue weighted by Gasteiger charge is -2.10. The van der Waals surface area contributed by atoms with Gasteiger partial charge in [0, 0.05) is 37.0 Å². The van der Waals surface area contributed by atoms with Gasteiger partial charge in [0.15, 0.2) is 0 Å². The number of benzene rings is 2. The van der Waals surface area contributed by atoms with Crippen LogP contribution in [-0.4, -0.2) is 29.0 Å². The normalized spacial score (nSPS) is 16.7. The van der Waals surface area contributed by atoms with Crippen LogP contribution < -0.4 is 5.32 Å². The van der Waals surface area contributed by atoms with Gasteiger partial charge in [-0.1, -0.05) is 41.5 Å². The minimum absolute atomic E-state index is 0.347. The predicted molar refractivity (Wildman–Crippen MR) is 109 cm³/mol. The Morgan fingerprint density at radius 3 is 2.70 bits per heavy atom. The first-order chi connectivity index (χ1) is 13.2. The van der Waals surface area contributed by atoms with Crippen molar-refractivity contribution in [2.45, 2.75) is 39.3 Å². The fourth-order valence-corrected chi connectivity index (χ4v) is 3.58. The Morgan fingerprint density at radius 1 is 1.11 bits per heavy atom. The van der Waals surface area contributed by atoms with Crippen LogP contribution in [0.15, 0.2) is 54.7 Å². The van der Waals surface area contributed by atoms with E-state index >= 15 is 0 Å². The first kappa shape index (κ1) is 18.0. The third-order valence-electron chi connectivity index (χ3n) is 5.09. The van der Waals surface area contributed by atoms with Crippen molar-refractivity contribution in [3.63, 3.8) is 0 Å². The third kappa shape index (κ3) is 4.29. The second kappa shape index (κ2) is 8.07. The number of aryl methyl sites for hydroxylation is 2. The number of rotatable bonds is 6. The lowest BCUT2D eigenvalue weighted by molar-refractivity contribution is 0.110. The highest BCUT2D eigenvalue weighted by atomic mass is 16.5. The summed E-state index contributed by atoms with van der Waals surface area (Å²) in [5, 5.41) is 8.48. The molecule has 1 aliphatic rings. The van der Waals surface area contributed by atoms with E-state index in [9.17, 15) is 0 Å². The Labute approximate surface area is 161 Å². The van der Waals surface area contributed by atoms with Gasteiger partial charge in [0.05, 0.1) is 17.5 Å². The van der Waals surface area contributed by atoms with Crippen molar-refractivity contribution in [3.05, 3.63) is 71.4 Å². The van der Waals surface area contributed by atoms with Gasteiger partial charge < -0.3 is 10.1 Å². The van der Waals surface area contributed by atoms with Crippen molar-refractivity contribution in [3.8, 4) is 16.9 Å². The van der Waals surface area contributed by atoms with Gasteiger partial charge in [0.1, 0.15) is 0 Å². The van der Waals surface area contributed by atoms with Crippen molar-refractivity contribution >= 4 is 0 Å². The van der Waals surface area contributed by atoms with Crippen molar-refractivity contribution < 1.29 is 4.74 Å². The third-order valence-corrected chi connectivity index (χ3v) is 5.09. The fourth-order valence-electron chi connectivity index (χ4n) is 3.58. The van der Waals surface area contributed by atoms with Gasteiger partial charge in [-0.3, -0.25) is 0 Å². The van der Waals surface area contributed by atoms with Crippen molar-refractivity contribution in [1.29, 1.82) is 0 Å². The maximum Gasteiger partial charge on any atom is 0.0972 e. The quantitative estimate of drug-likeness (QED) is 0.706. The molecule has 4 nitrogen and oxygen atoms in total. The molecule has 4 heteroatoms. The number of hydrogen-bond acceptors (Lipinski definition) is 3. The molecule has 0 saturated carbocycles. The van der Waals surface area contributed by atoms with Crippen LogP contribution in [0, 0.1) is 13.8 Å². The van der Waals surface area contributed by atoms with Gasteiger partial charge in [-0.05, 0) is 44.9 Å². The number of aromatic nitrogens is 2. The van der Waals surface area contributed by atoms with E-state index in [1.165, 1.54) is 23.1 Å². The van der Waals surface area contributed by atoms with E-state index in [1.807, 2.05) is 4.68 Å². The van der Waals surface area contributed by atoms with Crippen LogP contribution in [0.3, 0.4) is 0 Å². The topological polar surface area (TPSA) is 39.1 Å². The van der Waals surface area contributed by atoms with Crippen LogP contribution in [0.4, 0.5) is 0 Å². The summed E-state index contributed by atoms with van der Waals surface area (Å²) in [4.78, 5) is 0. The van der Waals surface area contributed by atoms with Gasteiger partial charge in [-0.25, -0.2) is 4.68 Å². The molecule has 27 heavy (non-hydrogen) atoms. The number of hydrogen-bond donors (Lipinski definition) is 1. The maximum absolute atomic E-state index is 5.72. The monoisotopic (exact) mass is 361 g/mol. The van der Waals surface area contributed by atoms with E-state index < -0.39 is 0 Å². The molecule has 0 bridgehead atoms. The van der Waals surface area contributed by atoms with Gasteiger partial charge in [-0.2, -0.15) is 5.10 Å². The molecule has 0 radical (unpaired) electrons. The number of nitrogens with zero attached hydrogens (tertiary/aromatic N) is 2. The Morgan fingerprint density at radius 2 is 1.96 bits per heavy atom. The Balaban J connectivity index is 1.61. The summed E-state index contributed by atoms with van der Waals surface area (Å²) >= 11 is 0. The Hall–Kier alpha value is -2.43. The van der Waals surface area contributed by atoms with Crippen LogP contribution in [0.1, 0.15) is 29.5 Å². The highest BCUT2D eigenvalue weighted by Gasteiger charge is 2.16. The molecule has 0 aliphatic carbocycles. The lowest BCUT2D eigenvalue weighted by atomic mass is 10.1. The van der Waals surface area contributed by atoms with Crippen molar-refractivity contribution in [2.24, 2.45) is 0 Å². The molecule has 4 rings (SSSR count). The van der Waals surface area contributed by atoms with Crippen LogP contribution in [0.25, 0.3) is 16.9 Å². The summed E-state index contributed by atoms with van der Waals surface area (Å²) in [5.41, 5.74) is 6.99. The lowest BCUT2D eigenvalue weighted by Crippen LogP contribution is -2.25. The maximum atomic E-state index is 5.72. The molecule has 1 aromatic heterocycles. The zero-order valence-electron chi connectivity index (χ0n) is 16.1. The number of nitrogens with one attached hydrogen (secondary N) is 1. The summed E-state index contributed by atoms with van der Waals surface area (Å²) in [5.74, 6) is 0. The molecule has 1 fully saturated rings. The average Bonchev–Trinajstić information content (AvgIpc) is 3.32. The van der Waals surface area contributed by atoms with Crippen LogP contribution in [0.5, 0.6) is 0 Å². The summed E-state index contributed by atoms with van der Waals surface area (Å²) in [6.07, 6.45) is 4.82. The molecule has 0 amide bonds.